The van der Waals surface area contributed by atoms with Gasteiger partial charge >= 0.3 is 12.2 Å². The molecule has 1 aliphatic rings. The van der Waals surface area contributed by atoms with Crippen LogP contribution in [0.15, 0.2) is 30.3 Å². The number of ether oxygens (including phenoxy) is 1. The minimum Gasteiger partial charge on any atom is -0.474 e. The summed E-state index contributed by atoms with van der Waals surface area (Å²) in [6.45, 7) is 4.40. The van der Waals surface area contributed by atoms with Gasteiger partial charge in [0.05, 0.1) is 11.3 Å². The van der Waals surface area contributed by atoms with Crippen molar-refractivity contribution < 1.29 is 22.7 Å². The van der Waals surface area contributed by atoms with Crippen LogP contribution in [0, 0.1) is 13.8 Å². The maximum atomic E-state index is 13.1. The lowest BCUT2D eigenvalue weighted by Crippen LogP contribution is -2.44. The SMILES string of the molecule is Cc1cc(OC2CCN(C(=O)Nc3ccccc3C(F)(F)F)CC2)nc(C)n1. The van der Waals surface area contributed by atoms with Crippen LogP contribution in [0.3, 0.4) is 0 Å². The predicted octanol–water partition coefficient (Wildman–Crippen LogP) is 4.19. The fraction of sp³-hybridized carbons (Fsp3) is 0.421. The van der Waals surface area contributed by atoms with Crippen molar-refractivity contribution in [3.05, 3.63) is 47.4 Å². The van der Waals surface area contributed by atoms with E-state index in [4.69, 9.17) is 4.74 Å². The number of nitrogens with one attached hydrogen (secondary N) is 1. The van der Waals surface area contributed by atoms with Crippen LogP contribution in [0.4, 0.5) is 23.7 Å². The molecule has 1 aromatic heterocycles. The van der Waals surface area contributed by atoms with Gasteiger partial charge in [-0.3, -0.25) is 0 Å². The minimum atomic E-state index is -4.53. The maximum absolute atomic E-state index is 13.1. The number of likely N-dealkylation sites (tertiary alicyclic amines) is 1. The molecule has 28 heavy (non-hydrogen) atoms. The summed E-state index contributed by atoms with van der Waals surface area (Å²) in [5, 5.41) is 2.37. The number of halogens is 3. The number of carbonyl (C=O) groups is 1. The van der Waals surface area contributed by atoms with Gasteiger partial charge in [0.25, 0.3) is 0 Å². The Bertz CT molecular complexity index is 829. The van der Waals surface area contributed by atoms with Crippen molar-refractivity contribution in [1.82, 2.24) is 14.9 Å². The summed E-state index contributed by atoms with van der Waals surface area (Å²) >= 11 is 0. The van der Waals surface area contributed by atoms with Gasteiger partial charge in [-0.15, -0.1) is 0 Å². The Morgan fingerprint density at radius 1 is 1.18 bits per heavy atom. The lowest BCUT2D eigenvalue weighted by atomic mass is 10.1. The number of rotatable bonds is 3. The number of aromatic nitrogens is 2. The number of nitrogens with zero attached hydrogens (tertiary/aromatic N) is 3. The summed E-state index contributed by atoms with van der Waals surface area (Å²) in [6, 6.07) is 6.13. The van der Waals surface area contributed by atoms with Gasteiger partial charge in [-0.25, -0.2) is 9.78 Å². The fourth-order valence-corrected chi connectivity index (χ4v) is 3.12. The fourth-order valence-electron chi connectivity index (χ4n) is 3.12. The summed E-state index contributed by atoms with van der Waals surface area (Å²) in [4.78, 5) is 22.3. The zero-order valence-corrected chi connectivity index (χ0v) is 15.6. The third kappa shape index (κ3) is 4.90. The summed E-state index contributed by atoms with van der Waals surface area (Å²) in [5.41, 5.74) is -0.302. The number of hydrogen-bond acceptors (Lipinski definition) is 4. The smallest absolute Gasteiger partial charge is 0.418 e. The minimum absolute atomic E-state index is 0.111. The highest BCUT2D eigenvalue weighted by molar-refractivity contribution is 5.90. The first kappa shape index (κ1) is 19.9. The van der Waals surface area contributed by atoms with Gasteiger partial charge in [0.15, 0.2) is 0 Å². The summed E-state index contributed by atoms with van der Waals surface area (Å²) < 4.78 is 45.1. The van der Waals surface area contributed by atoms with Gasteiger partial charge in [0.2, 0.25) is 5.88 Å². The molecule has 1 aromatic carbocycles. The number of para-hydroxylation sites is 1. The highest BCUT2D eigenvalue weighted by atomic mass is 19.4. The van der Waals surface area contributed by atoms with Crippen LogP contribution in [0.5, 0.6) is 5.88 Å². The predicted molar refractivity (Wildman–Crippen MR) is 97.2 cm³/mol. The molecule has 0 spiro atoms. The van der Waals surface area contributed by atoms with Gasteiger partial charge in [-0.1, -0.05) is 12.1 Å². The molecule has 150 valence electrons. The van der Waals surface area contributed by atoms with Crippen molar-refractivity contribution in [1.29, 1.82) is 0 Å². The summed E-state index contributed by atoms with van der Waals surface area (Å²) in [7, 11) is 0. The Labute approximate surface area is 160 Å². The quantitative estimate of drug-likeness (QED) is 0.848. The molecule has 0 unspecified atom stereocenters. The van der Waals surface area contributed by atoms with Gasteiger partial charge in [-0.05, 0) is 26.0 Å². The first-order chi connectivity index (χ1) is 13.2. The topological polar surface area (TPSA) is 67.3 Å². The summed E-state index contributed by atoms with van der Waals surface area (Å²) in [6.07, 6.45) is -3.51. The molecular weight excluding hydrogens is 373 g/mol. The number of carbonyl (C=O) groups excluding carboxylic acids is 1. The van der Waals surface area contributed by atoms with Crippen LogP contribution in [-0.4, -0.2) is 40.1 Å². The highest BCUT2D eigenvalue weighted by Crippen LogP contribution is 2.34. The molecule has 0 aliphatic carbocycles. The van der Waals surface area contributed by atoms with Crippen LogP contribution in [0.25, 0.3) is 0 Å². The van der Waals surface area contributed by atoms with E-state index in [1.807, 2.05) is 6.92 Å². The second kappa shape index (κ2) is 8.04. The van der Waals surface area contributed by atoms with Crippen molar-refractivity contribution in [3.8, 4) is 5.88 Å². The third-order valence-corrected chi connectivity index (χ3v) is 4.43. The number of aryl methyl sites for hydroxylation is 2. The molecule has 2 aromatic rings. The second-order valence-electron chi connectivity index (χ2n) is 6.67. The molecule has 1 fully saturated rings. The zero-order valence-electron chi connectivity index (χ0n) is 15.6. The maximum Gasteiger partial charge on any atom is 0.418 e. The van der Waals surface area contributed by atoms with Gasteiger partial charge in [0.1, 0.15) is 11.9 Å². The standard InChI is InChI=1S/C19H21F3N4O2/c1-12-11-17(24-13(2)23-12)28-14-7-9-26(10-8-14)18(27)25-16-6-4-3-5-15(16)19(20,21)22/h3-6,11,14H,7-10H2,1-2H3,(H,25,27). The number of benzene rings is 1. The van der Waals surface area contributed by atoms with E-state index >= 15 is 0 Å². The molecule has 1 aliphatic heterocycles. The normalized spacial score (nSPS) is 15.4. The number of alkyl halides is 3. The molecule has 0 atom stereocenters. The van der Waals surface area contributed by atoms with E-state index in [0.29, 0.717) is 37.6 Å². The molecule has 2 amide bonds. The molecular formula is C19H21F3N4O2. The monoisotopic (exact) mass is 394 g/mol. The molecule has 0 bridgehead atoms. The zero-order chi connectivity index (χ0) is 20.3. The number of hydrogen-bond donors (Lipinski definition) is 1. The highest BCUT2D eigenvalue weighted by Gasteiger charge is 2.34. The average molecular weight is 394 g/mol. The molecule has 3 rings (SSSR count). The van der Waals surface area contributed by atoms with Crippen molar-refractivity contribution in [3.63, 3.8) is 0 Å². The number of anilines is 1. The Morgan fingerprint density at radius 2 is 1.86 bits per heavy atom. The van der Waals surface area contributed by atoms with E-state index in [0.717, 1.165) is 11.8 Å². The van der Waals surface area contributed by atoms with E-state index in [1.165, 1.54) is 23.1 Å². The van der Waals surface area contributed by atoms with Crippen molar-refractivity contribution in [2.45, 2.75) is 39.0 Å². The molecule has 1 saturated heterocycles. The molecule has 0 saturated carbocycles. The number of amides is 2. The van der Waals surface area contributed by atoms with Crippen LogP contribution < -0.4 is 10.1 Å². The van der Waals surface area contributed by atoms with Crippen LogP contribution in [0.1, 0.15) is 29.9 Å². The van der Waals surface area contributed by atoms with Crippen LogP contribution >= 0.6 is 0 Å². The van der Waals surface area contributed by atoms with Gasteiger partial charge in [0, 0.05) is 37.7 Å². The van der Waals surface area contributed by atoms with E-state index in [1.54, 1.807) is 13.0 Å². The number of urea groups is 1. The summed E-state index contributed by atoms with van der Waals surface area (Å²) in [5.74, 6) is 1.11. The average Bonchev–Trinajstić information content (AvgIpc) is 2.61. The van der Waals surface area contributed by atoms with Crippen molar-refractivity contribution in [2.24, 2.45) is 0 Å². The van der Waals surface area contributed by atoms with Gasteiger partial charge in [-0.2, -0.15) is 18.2 Å². The van der Waals surface area contributed by atoms with E-state index in [9.17, 15) is 18.0 Å². The van der Waals surface area contributed by atoms with Crippen molar-refractivity contribution in [2.75, 3.05) is 18.4 Å². The lowest BCUT2D eigenvalue weighted by molar-refractivity contribution is -0.136. The van der Waals surface area contributed by atoms with Crippen LogP contribution in [-0.2, 0) is 6.18 Å². The molecule has 9 heteroatoms. The largest absolute Gasteiger partial charge is 0.474 e. The number of piperidine rings is 1. The van der Waals surface area contributed by atoms with Crippen LogP contribution in [0.2, 0.25) is 0 Å². The Balaban J connectivity index is 1.57. The Hall–Kier alpha value is -2.84. The molecule has 2 heterocycles. The third-order valence-electron chi connectivity index (χ3n) is 4.43. The second-order valence-corrected chi connectivity index (χ2v) is 6.67. The molecule has 6 nitrogen and oxygen atoms in total. The Kier molecular flexibility index (Phi) is 5.71. The lowest BCUT2D eigenvalue weighted by Gasteiger charge is -2.32. The van der Waals surface area contributed by atoms with E-state index in [2.05, 4.69) is 15.3 Å². The van der Waals surface area contributed by atoms with Gasteiger partial charge < -0.3 is 15.0 Å². The van der Waals surface area contributed by atoms with E-state index in [-0.39, 0.29) is 11.8 Å². The van der Waals surface area contributed by atoms with Crippen molar-refractivity contribution >= 4 is 11.7 Å². The first-order valence-electron chi connectivity index (χ1n) is 8.93. The molecule has 0 radical (unpaired) electrons. The van der Waals surface area contributed by atoms with E-state index < -0.39 is 17.8 Å². The molecule has 1 N–H and O–H groups in total. The first-order valence-corrected chi connectivity index (χ1v) is 8.93. The Morgan fingerprint density at radius 3 is 2.50 bits per heavy atom.